The lowest BCUT2D eigenvalue weighted by Crippen LogP contribution is -2.36. The molecule has 1 aliphatic rings. The topological polar surface area (TPSA) is 45.7 Å². The number of guanidine groups is 1. The molecule has 1 aromatic carbocycles. The molecular formula is C19H25N3OS. The van der Waals surface area contributed by atoms with Crippen molar-refractivity contribution >= 4 is 17.3 Å². The molecule has 2 N–H and O–H groups in total. The van der Waals surface area contributed by atoms with Gasteiger partial charge >= 0.3 is 0 Å². The number of rotatable bonds is 7. The number of aryl methyl sites for hydroxylation is 1. The maximum atomic E-state index is 5.96. The van der Waals surface area contributed by atoms with Gasteiger partial charge < -0.3 is 15.4 Å². The van der Waals surface area contributed by atoms with E-state index in [1.807, 2.05) is 29.5 Å². The first kappa shape index (κ1) is 16.8. The van der Waals surface area contributed by atoms with Gasteiger partial charge in [0.25, 0.3) is 0 Å². The first-order valence-electron chi connectivity index (χ1n) is 8.45. The van der Waals surface area contributed by atoms with Crippen molar-refractivity contribution in [2.24, 2.45) is 10.9 Å². The van der Waals surface area contributed by atoms with E-state index in [1.54, 1.807) is 7.05 Å². The van der Waals surface area contributed by atoms with Gasteiger partial charge in [-0.05, 0) is 43.9 Å². The zero-order chi connectivity index (χ0) is 16.8. The van der Waals surface area contributed by atoms with Gasteiger partial charge in [-0.15, -0.1) is 11.3 Å². The van der Waals surface area contributed by atoms with Gasteiger partial charge in [0.05, 0.1) is 13.2 Å². The Balaban J connectivity index is 1.51. The molecule has 1 fully saturated rings. The molecule has 24 heavy (non-hydrogen) atoms. The van der Waals surface area contributed by atoms with Crippen LogP contribution in [0.2, 0.25) is 0 Å². The van der Waals surface area contributed by atoms with Crippen LogP contribution in [0.1, 0.15) is 28.2 Å². The maximum absolute atomic E-state index is 5.96. The van der Waals surface area contributed by atoms with Crippen LogP contribution in [0.25, 0.3) is 0 Å². The highest BCUT2D eigenvalue weighted by molar-refractivity contribution is 7.11. The zero-order valence-corrected chi connectivity index (χ0v) is 15.2. The van der Waals surface area contributed by atoms with E-state index in [0.29, 0.717) is 6.54 Å². The molecule has 0 atom stereocenters. The van der Waals surface area contributed by atoms with Crippen molar-refractivity contribution in [2.75, 3.05) is 13.7 Å². The molecule has 1 heterocycles. The van der Waals surface area contributed by atoms with Crippen LogP contribution < -0.4 is 15.4 Å². The van der Waals surface area contributed by atoms with Crippen LogP contribution in [0.3, 0.4) is 0 Å². The summed E-state index contributed by atoms with van der Waals surface area (Å²) in [4.78, 5) is 6.94. The Morgan fingerprint density at radius 2 is 1.96 bits per heavy atom. The zero-order valence-electron chi connectivity index (χ0n) is 14.3. The molecule has 0 spiro atoms. The van der Waals surface area contributed by atoms with Crippen molar-refractivity contribution in [3.8, 4) is 5.75 Å². The van der Waals surface area contributed by atoms with Crippen LogP contribution in [0.15, 0.2) is 41.4 Å². The smallest absolute Gasteiger partial charge is 0.191 e. The fourth-order valence-electron chi connectivity index (χ4n) is 2.43. The second kappa shape index (κ2) is 8.20. The average molecular weight is 343 g/mol. The number of hydrogen-bond acceptors (Lipinski definition) is 3. The molecule has 0 aliphatic heterocycles. The quantitative estimate of drug-likeness (QED) is 0.595. The van der Waals surface area contributed by atoms with Crippen molar-refractivity contribution in [1.29, 1.82) is 0 Å². The molecule has 1 saturated carbocycles. The van der Waals surface area contributed by atoms with Crippen LogP contribution in [0.4, 0.5) is 0 Å². The van der Waals surface area contributed by atoms with E-state index in [1.165, 1.54) is 22.6 Å². The fraction of sp³-hybridized carbons (Fsp3) is 0.421. The molecule has 3 rings (SSSR count). The van der Waals surface area contributed by atoms with Crippen molar-refractivity contribution in [2.45, 2.75) is 32.9 Å². The summed E-state index contributed by atoms with van der Waals surface area (Å²) < 4.78 is 5.96. The number of para-hydroxylation sites is 1. The van der Waals surface area contributed by atoms with Gasteiger partial charge in [0.2, 0.25) is 0 Å². The predicted molar refractivity (Wildman–Crippen MR) is 101 cm³/mol. The van der Waals surface area contributed by atoms with Crippen LogP contribution in [0.5, 0.6) is 5.75 Å². The van der Waals surface area contributed by atoms with E-state index in [-0.39, 0.29) is 0 Å². The van der Waals surface area contributed by atoms with Crippen LogP contribution in [0, 0.1) is 12.8 Å². The summed E-state index contributed by atoms with van der Waals surface area (Å²) in [6.07, 6.45) is 2.61. The molecule has 0 bridgehead atoms. The third-order valence-corrected chi connectivity index (χ3v) is 5.04. The SMILES string of the molecule is CN=C(NCc1ccc(C)s1)NCc1ccccc1OCC1CC1. The second-order valence-corrected chi connectivity index (χ2v) is 7.53. The average Bonchev–Trinajstić information content (AvgIpc) is 3.34. The minimum Gasteiger partial charge on any atom is -0.493 e. The van der Waals surface area contributed by atoms with E-state index in [0.717, 1.165) is 36.3 Å². The van der Waals surface area contributed by atoms with Gasteiger partial charge in [-0.1, -0.05) is 18.2 Å². The lowest BCUT2D eigenvalue weighted by Gasteiger charge is -2.14. The lowest BCUT2D eigenvalue weighted by molar-refractivity contribution is 0.296. The summed E-state index contributed by atoms with van der Waals surface area (Å²) in [5, 5.41) is 6.73. The number of nitrogens with zero attached hydrogens (tertiary/aromatic N) is 1. The standard InChI is InChI=1S/C19H25N3OS/c1-14-7-10-17(24-14)12-22-19(20-2)21-11-16-5-3-4-6-18(16)23-13-15-8-9-15/h3-7,10,15H,8-9,11-13H2,1-2H3,(H2,20,21,22). The molecule has 0 radical (unpaired) electrons. The fourth-order valence-corrected chi connectivity index (χ4v) is 3.26. The minimum atomic E-state index is 0.698. The molecule has 0 unspecified atom stereocenters. The third kappa shape index (κ3) is 4.99. The Hall–Kier alpha value is -2.01. The number of aliphatic imine (C=N–C) groups is 1. The highest BCUT2D eigenvalue weighted by Gasteiger charge is 2.22. The van der Waals surface area contributed by atoms with Gasteiger partial charge in [-0.25, -0.2) is 0 Å². The van der Waals surface area contributed by atoms with Gasteiger partial charge in [-0.3, -0.25) is 4.99 Å². The Morgan fingerprint density at radius 1 is 1.17 bits per heavy atom. The van der Waals surface area contributed by atoms with Gasteiger partial charge in [0.15, 0.2) is 5.96 Å². The number of nitrogens with one attached hydrogen (secondary N) is 2. The van der Waals surface area contributed by atoms with E-state index in [9.17, 15) is 0 Å². The highest BCUT2D eigenvalue weighted by atomic mass is 32.1. The van der Waals surface area contributed by atoms with Crippen molar-refractivity contribution < 1.29 is 4.74 Å². The summed E-state index contributed by atoms with van der Waals surface area (Å²) in [7, 11) is 1.80. The molecule has 4 nitrogen and oxygen atoms in total. The molecule has 128 valence electrons. The van der Waals surface area contributed by atoms with Crippen molar-refractivity contribution in [3.63, 3.8) is 0 Å². The number of thiophene rings is 1. The van der Waals surface area contributed by atoms with Crippen molar-refractivity contribution in [3.05, 3.63) is 51.7 Å². The Bertz CT molecular complexity index is 691. The van der Waals surface area contributed by atoms with Crippen LogP contribution >= 0.6 is 11.3 Å². The van der Waals surface area contributed by atoms with Crippen molar-refractivity contribution in [1.82, 2.24) is 10.6 Å². The Kier molecular flexibility index (Phi) is 5.75. The number of hydrogen-bond donors (Lipinski definition) is 2. The monoisotopic (exact) mass is 343 g/mol. The lowest BCUT2D eigenvalue weighted by atomic mass is 10.2. The third-order valence-electron chi connectivity index (χ3n) is 4.04. The molecule has 0 saturated heterocycles. The van der Waals surface area contributed by atoms with E-state index in [2.05, 4.69) is 40.7 Å². The number of ether oxygens (including phenoxy) is 1. The maximum Gasteiger partial charge on any atom is 0.191 e. The molecule has 5 heteroatoms. The van der Waals surface area contributed by atoms with E-state index >= 15 is 0 Å². The van der Waals surface area contributed by atoms with E-state index < -0.39 is 0 Å². The second-order valence-electron chi connectivity index (χ2n) is 6.15. The first-order valence-corrected chi connectivity index (χ1v) is 9.27. The highest BCUT2D eigenvalue weighted by Crippen LogP contribution is 2.30. The summed E-state index contributed by atoms with van der Waals surface area (Å²) in [6.45, 7) is 4.45. The minimum absolute atomic E-state index is 0.698. The number of benzene rings is 1. The molecule has 0 amide bonds. The Morgan fingerprint density at radius 3 is 2.67 bits per heavy atom. The normalized spacial score (nSPS) is 14.5. The predicted octanol–water partition coefficient (Wildman–Crippen LogP) is 3.71. The summed E-state index contributed by atoms with van der Waals surface area (Å²) in [6, 6.07) is 12.5. The summed E-state index contributed by atoms with van der Waals surface area (Å²) in [5.41, 5.74) is 1.16. The largest absolute Gasteiger partial charge is 0.493 e. The van der Waals surface area contributed by atoms with Gasteiger partial charge in [0, 0.05) is 28.9 Å². The summed E-state index contributed by atoms with van der Waals surface area (Å²) >= 11 is 1.81. The van der Waals surface area contributed by atoms with Gasteiger partial charge in [-0.2, -0.15) is 0 Å². The first-order chi connectivity index (χ1) is 11.7. The van der Waals surface area contributed by atoms with Gasteiger partial charge in [0.1, 0.15) is 5.75 Å². The molecular weight excluding hydrogens is 318 g/mol. The summed E-state index contributed by atoms with van der Waals surface area (Å²) in [5.74, 6) is 2.54. The molecule has 2 aromatic rings. The van der Waals surface area contributed by atoms with E-state index in [4.69, 9.17) is 4.74 Å². The van der Waals surface area contributed by atoms with Crippen LogP contribution in [-0.2, 0) is 13.1 Å². The molecule has 1 aliphatic carbocycles. The van der Waals surface area contributed by atoms with Crippen LogP contribution in [-0.4, -0.2) is 19.6 Å². The molecule has 1 aromatic heterocycles. The Labute approximate surface area is 148 Å².